The van der Waals surface area contributed by atoms with Crippen LogP contribution in [-0.4, -0.2) is 27.0 Å². The Kier molecular flexibility index (Phi) is 6.40. The average Bonchev–Trinajstić information content (AvgIpc) is 3.47. The number of hydrazine groups is 1. The predicted molar refractivity (Wildman–Crippen MR) is 130 cm³/mol. The molecule has 0 saturated carbocycles. The molecule has 3 aromatic carbocycles. The fourth-order valence-corrected chi connectivity index (χ4v) is 4.09. The summed E-state index contributed by atoms with van der Waals surface area (Å²) in [6, 6.07) is 22.3. The zero-order chi connectivity index (χ0) is 23.5. The molecule has 1 fully saturated rings. The highest BCUT2D eigenvalue weighted by atomic mass is 35.5. The second-order valence-corrected chi connectivity index (χ2v) is 8.67. The Morgan fingerprint density at radius 3 is 2.53 bits per heavy atom. The molecule has 1 saturated heterocycles. The van der Waals surface area contributed by atoms with Crippen molar-refractivity contribution in [2.75, 3.05) is 0 Å². The lowest BCUT2D eigenvalue weighted by Gasteiger charge is -2.23. The Morgan fingerprint density at radius 1 is 1.00 bits per heavy atom. The molecule has 0 radical (unpaired) electrons. The minimum atomic E-state index is -0.246. The van der Waals surface area contributed by atoms with Crippen LogP contribution in [0.5, 0.6) is 17.2 Å². The van der Waals surface area contributed by atoms with Gasteiger partial charge in [-0.25, -0.2) is 10.1 Å². The van der Waals surface area contributed by atoms with E-state index >= 15 is 0 Å². The van der Waals surface area contributed by atoms with E-state index in [1.165, 1.54) is 0 Å². The van der Waals surface area contributed by atoms with Crippen LogP contribution in [0.1, 0.15) is 24.1 Å². The quantitative estimate of drug-likeness (QED) is 0.355. The van der Waals surface area contributed by atoms with E-state index in [0.29, 0.717) is 23.1 Å². The number of halogens is 1. The molecular weight excluding hydrogens is 452 g/mol. The molecule has 0 bridgehead atoms. The molecule has 3 N–H and O–H groups in total. The number of benzene rings is 3. The first-order valence-corrected chi connectivity index (χ1v) is 11.4. The van der Waals surface area contributed by atoms with Gasteiger partial charge in [0.25, 0.3) is 0 Å². The zero-order valence-electron chi connectivity index (χ0n) is 18.6. The molecule has 0 spiro atoms. The van der Waals surface area contributed by atoms with Crippen molar-refractivity contribution < 1.29 is 14.6 Å². The van der Waals surface area contributed by atoms with Gasteiger partial charge in [0.05, 0.1) is 24.0 Å². The molecular formula is C26H25ClN4O3. The number of rotatable bonds is 7. The maximum Gasteiger partial charge on any atom is 0.136 e. The number of ether oxygens (including phenoxy) is 2. The topological polar surface area (TPSA) is 80.6 Å². The fourth-order valence-electron chi connectivity index (χ4n) is 3.97. The monoisotopic (exact) mass is 476 g/mol. The van der Waals surface area contributed by atoms with E-state index < -0.39 is 0 Å². The third kappa shape index (κ3) is 4.87. The summed E-state index contributed by atoms with van der Waals surface area (Å²) >= 11 is 5.98. The third-order valence-corrected chi connectivity index (χ3v) is 6.02. The normalized spacial score (nSPS) is 19.8. The number of phenolic OH excluding ortho intramolecular Hbond substituents is 1. The summed E-state index contributed by atoms with van der Waals surface area (Å²) in [6.45, 7) is 2.37. The molecule has 1 aliphatic heterocycles. The van der Waals surface area contributed by atoms with Crippen molar-refractivity contribution in [3.63, 3.8) is 0 Å². The molecule has 7 nitrogen and oxygen atoms in total. The third-order valence-electron chi connectivity index (χ3n) is 5.77. The van der Waals surface area contributed by atoms with Gasteiger partial charge in [0.2, 0.25) is 0 Å². The Labute approximate surface area is 202 Å². The summed E-state index contributed by atoms with van der Waals surface area (Å²) in [5, 5.41) is 15.8. The van der Waals surface area contributed by atoms with Crippen LogP contribution in [0.15, 0.2) is 85.2 Å². The number of para-hydroxylation sites is 1. The van der Waals surface area contributed by atoms with E-state index in [1.54, 1.807) is 29.1 Å². The van der Waals surface area contributed by atoms with Gasteiger partial charge in [-0.3, -0.25) is 5.43 Å². The summed E-state index contributed by atoms with van der Waals surface area (Å²) in [6.07, 6.45) is 3.47. The number of nitrogens with one attached hydrogen (secondary N) is 2. The lowest BCUT2D eigenvalue weighted by atomic mass is 9.98. The predicted octanol–water partition coefficient (Wildman–Crippen LogP) is 4.80. The van der Waals surface area contributed by atoms with Gasteiger partial charge < -0.3 is 14.6 Å². The first kappa shape index (κ1) is 22.3. The Hall–Kier alpha value is -3.52. The highest BCUT2D eigenvalue weighted by Gasteiger charge is 2.37. The van der Waals surface area contributed by atoms with Crippen molar-refractivity contribution in [3.05, 3.63) is 101 Å². The van der Waals surface area contributed by atoms with Crippen molar-refractivity contribution in [1.82, 2.24) is 20.6 Å². The van der Waals surface area contributed by atoms with Gasteiger partial charge in [0.1, 0.15) is 30.0 Å². The lowest BCUT2D eigenvalue weighted by Crippen LogP contribution is -2.33. The van der Waals surface area contributed by atoms with Crippen LogP contribution < -0.4 is 20.3 Å². The highest BCUT2D eigenvalue weighted by Crippen LogP contribution is 2.35. The van der Waals surface area contributed by atoms with Gasteiger partial charge in [-0.2, -0.15) is 5.10 Å². The number of aromatic nitrogens is 2. The van der Waals surface area contributed by atoms with Crippen LogP contribution >= 0.6 is 11.6 Å². The van der Waals surface area contributed by atoms with Crippen molar-refractivity contribution in [1.29, 1.82) is 0 Å². The minimum absolute atomic E-state index is 0.0251. The maximum atomic E-state index is 10.8. The van der Waals surface area contributed by atoms with Gasteiger partial charge in [0, 0.05) is 28.4 Å². The van der Waals surface area contributed by atoms with Gasteiger partial charge in [-0.1, -0.05) is 29.8 Å². The number of nitrogens with zero attached hydrogens (tertiary/aromatic N) is 2. The molecule has 0 amide bonds. The van der Waals surface area contributed by atoms with Crippen LogP contribution in [-0.2, 0) is 6.61 Å². The molecule has 5 rings (SSSR count). The number of hydrogen-bond acceptors (Lipinski definition) is 6. The van der Waals surface area contributed by atoms with Gasteiger partial charge in [0.15, 0.2) is 0 Å². The van der Waals surface area contributed by atoms with E-state index in [1.807, 2.05) is 67.7 Å². The Bertz CT molecular complexity index is 1250. The second-order valence-electron chi connectivity index (χ2n) is 8.23. The summed E-state index contributed by atoms with van der Waals surface area (Å²) in [7, 11) is 0. The van der Waals surface area contributed by atoms with Crippen molar-refractivity contribution in [2.45, 2.75) is 31.7 Å². The second kappa shape index (κ2) is 9.77. The zero-order valence-corrected chi connectivity index (χ0v) is 19.3. The molecule has 8 heteroatoms. The molecule has 3 unspecified atom stereocenters. The first-order valence-electron chi connectivity index (χ1n) is 11.0. The van der Waals surface area contributed by atoms with Gasteiger partial charge >= 0.3 is 0 Å². The molecule has 1 aromatic heterocycles. The van der Waals surface area contributed by atoms with E-state index in [0.717, 1.165) is 16.8 Å². The summed E-state index contributed by atoms with van der Waals surface area (Å²) in [4.78, 5) is 0. The summed E-state index contributed by atoms with van der Waals surface area (Å²) < 4.78 is 13.9. The Morgan fingerprint density at radius 2 is 1.76 bits per heavy atom. The highest BCUT2D eigenvalue weighted by molar-refractivity contribution is 6.30. The van der Waals surface area contributed by atoms with Gasteiger partial charge in [-0.05, 0) is 55.5 Å². The number of phenols is 1. The molecule has 1 aliphatic rings. The number of hydrogen-bond donors (Lipinski definition) is 3. The molecule has 174 valence electrons. The molecule has 0 aliphatic carbocycles. The average molecular weight is 477 g/mol. The lowest BCUT2D eigenvalue weighted by molar-refractivity contribution is 0.170. The molecule has 3 atom stereocenters. The van der Waals surface area contributed by atoms with Crippen molar-refractivity contribution >= 4 is 11.6 Å². The first-order chi connectivity index (χ1) is 16.6. The summed E-state index contributed by atoms with van der Waals surface area (Å²) in [5.41, 5.74) is 9.07. The van der Waals surface area contributed by atoms with Crippen LogP contribution in [0.2, 0.25) is 5.02 Å². The van der Waals surface area contributed by atoms with E-state index in [2.05, 4.69) is 16.0 Å². The minimum Gasteiger partial charge on any atom is -0.507 e. The summed E-state index contributed by atoms with van der Waals surface area (Å²) in [5.74, 6) is 1.42. The van der Waals surface area contributed by atoms with E-state index in [9.17, 15) is 5.11 Å². The van der Waals surface area contributed by atoms with Crippen LogP contribution in [0.4, 0.5) is 0 Å². The van der Waals surface area contributed by atoms with Gasteiger partial charge in [-0.15, -0.1) is 0 Å². The van der Waals surface area contributed by atoms with E-state index in [-0.39, 0.29) is 23.9 Å². The SMILES string of the molecule is CC1NNC(c2ccc(OCc3cnn(-c4ccccc4)c3)cc2O)C1Oc1ccc(Cl)cc1. The molecule has 34 heavy (non-hydrogen) atoms. The van der Waals surface area contributed by atoms with E-state index in [4.69, 9.17) is 21.1 Å². The smallest absolute Gasteiger partial charge is 0.136 e. The van der Waals surface area contributed by atoms with Crippen LogP contribution in [0.3, 0.4) is 0 Å². The molecule has 2 heterocycles. The standard InChI is InChI=1S/C26H25ClN4O3/c1-17-26(34-21-9-7-19(27)8-10-21)25(30-29-17)23-12-11-22(13-24(23)32)33-16-18-14-28-31(15-18)20-5-3-2-4-6-20/h2-15,17,25-26,29-30,32H,16H2,1H3. The van der Waals surface area contributed by atoms with Crippen molar-refractivity contribution in [2.24, 2.45) is 0 Å². The molecule has 4 aromatic rings. The van der Waals surface area contributed by atoms with Crippen molar-refractivity contribution in [3.8, 4) is 22.9 Å². The number of aromatic hydroxyl groups is 1. The van der Waals surface area contributed by atoms with Crippen LogP contribution in [0, 0.1) is 0 Å². The Balaban J connectivity index is 1.26. The maximum absolute atomic E-state index is 10.8. The van der Waals surface area contributed by atoms with Crippen LogP contribution in [0.25, 0.3) is 5.69 Å². The largest absolute Gasteiger partial charge is 0.507 e. The fraction of sp³-hybridized carbons (Fsp3) is 0.192.